The fourth-order valence-electron chi connectivity index (χ4n) is 2.18. The minimum absolute atomic E-state index is 0.0633. The van der Waals surface area contributed by atoms with Gasteiger partial charge in [0, 0.05) is 27.5 Å². The van der Waals surface area contributed by atoms with Crippen LogP contribution in [0, 0.1) is 11.6 Å². The Hall–Kier alpha value is -2.21. The van der Waals surface area contributed by atoms with Gasteiger partial charge in [-0.15, -0.1) is 0 Å². The number of fused-ring (bicyclic) bond motifs is 1. The Labute approximate surface area is 133 Å². The fraction of sp³-hybridized carbons (Fsp3) is 0.0625. The van der Waals surface area contributed by atoms with Crippen molar-refractivity contribution in [1.82, 2.24) is 10.3 Å². The number of carbonyl (C=O) groups excluding carboxylic acids is 1. The van der Waals surface area contributed by atoms with Crippen LogP contribution in [0.2, 0.25) is 0 Å². The predicted octanol–water partition coefficient (Wildman–Crippen LogP) is 4.14. The Bertz CT molecular complexity index is 860. The molecule has 22 heavy (non-hydrogen) atoms. The molecule has 0 aliphatic heterocycles. The summed E-state index contributed by atoms with van der Waals surface area (Å²) in [5.41, 5.74) is 1.35. The van der Waals surface area contributed by atoms with Gasteiger partial charge in [-0.05, 0) is 42.5 Å². The summed E-state index contributed by atoms with van der Waals surface area (Å²) >= 11 is 3.26. The molecule has 0 aliphatic rings. The first-order valence-electron chi connectivity index (χ1n) is 6.53. The van der Waals surface area contributed by atoms with E-state index in [1.54, 1.807) is 24.3 Å². The molecule has 0 bridgehead atoms. The molecular formula is C16H11BrF2N2O. The van der Waals surface area contributed by atoms with Crippen molar-refractivity contribution in [3.05, 3.63) is 69.8 Å². The molecule has 3 nitrogen and oxygen atoms in total. The Morgan fingerprint density at radius 2 is 1.95 bits per heavy atom. The molecule has 0 radical (unpaired) electrons. The molecule has 0 saturated carbocycles. The number of carbonyl (C=O) groups is 1. The highest BCUT2D eigenvalue weighted by atomic mass is 79.9. The summed E-state index contributed by atoms with van der Waals surface area (Å²) in [6, 6.07) is 10.3. The third-order valence-electron chi connectivity index (χ3n) is 3.27. The van der Waals surface area contributed by atoms with E-state index in [0.717, 1.165) is 4.47 Å². The van der Waals surface area contributed by atoms with Crippen LogP contribution in [0.3, 0.4) is 0 Å². The first kappa shape index (κ1) is 14.7. The quantitative estimate of drug-likeness (QED) is 0.720. The summed E-state index contributed by atoms with van der Waals surface area (Å²) in [6.07, 6.45) is 0. The number of hydrogen-bond donors (Lipinski definition) is 2. The monoisotopic (exact) mass is 364 g/mol. The fourth-order valence-corrected chi connectivity index (χ4v) is 2.58. The lowest BCUT2D eigenvalue weighted by Gasteiger charge is -2.05. The Morgan fingerprint density at radius 1 is 1.14 bits per heavy atom. The molecule has 2 N–H and O–H groups in total. The molecule has 1 heterocycles. The lowest BCUT2D eigenvalue weighted by Crippen LogP contribution is -2.23. The van der Waals surface area contributed by atoms with Gasteiger partial charge in [0.2, 0.25) is 0 Å². The largest absolute Gasteiger partial charge is 0.351 e. The molecule has 0 aliphatic carbocycles. The van der Waals surface area contributed by atoms with Crippen molar-refractivity contribution < 1.29 is 13.6 Å². The number of benzene rings is 2. The molecule has 1 aromatic heterocycles. The summed E-state index contributed by atoms with van der Waals surface area (Å²) in [7, 11) is 0. The summed E-state index contributed by atoms with van der Waals surface area (Å²) in [5.74, 6) is -1.13. The average molecular weight is 365 g/mol. The number of hydrogen-bond acceptors (Lipinski definition) is 1. The van der Waals surface area contributed by atoms with E-state index in [4.69, 9.17) is 0 Å². The standard InChI is InChI=1S/C16H11BrF2N2O/c17-11-1-3-13(19)10(5-11)8-20-16(22)15-7-9-6-12(18)2-4-14(9)21-15/h1-7,21H,8H2,(H,20,22). The van der Waals surface area contributed by atoms with Crippen molar-refractivity contribution in [3.8, 4) is 0 Å². The normalized spacial score (nSPS) is 10.9. The molecule has 0 atom stereocenters. The summed E-state index contributed by atoms with van der Waals surface area (Å²) in [5, 5.41) is 3.24. The second kappa shape index (κ2) is 5.88. The zero-order valence-corrected chi connectivity index (χ0v) is 12.9. The lowest BCUT2D eigenvalue weighted by molar-refractivity contribution is 0.0946. The van der Waals surface area contributed by atoms with Gasteiger partial charge in [-0.1, -0.05) is 15.9 Å². The van der Waals surface area contributed by atoms with Crippen molar-refractivity contribution in [2.24, 2.45) is 0 Å². The second-order valence-electron chi connectivity index (χ2n) is 4.83. The first-order chi connectivity index (χ1) is 10.5. The van der Waals surface area contributed by atoms with Crippen LogP contribution in [0.25, 0.3) is 10.9 Å². The van der Waals surface area contributed by atoms with Crippen molar-refractivity contribution in [1.29, 1.82) is 0 Å². The maximum atomic E-state index is 13.6. The maximum absolute atomic E-state index is 13.6. The maximum Gasteiger partial charge on any atom is 0.267 e. The molecule has 0 spiro atoms. The summed E-state index contributed by atoms with van der Waals surface area (Å²) in [4.78, 5) is 15.0. The van der Waals surface area contributed by atoms with Gasteiger partial charge in [-0.25, -0.2) is 8.78 Å². The second-order valence-corrected chi connectivity index (χ2v) is 5.75. The van der Waals surface area contributed by atoms with Crippen molar-refractivity contribution in [2.75, 3.05) is 0 Å². The SMILES string of the molecule is O=C(NCc1cc(Br)ccc1F)c1cc2cc(F)ccc2[nH]1. The van der Waals surface area contributed by atoms with Gasteiger partial charge < -0.3 is 10.3 Å². The average Bonchev–Trinajstić information content (AvgIpc) is 2.91. The molecule has 1 amide bonds. The molecule has 0 saturated heterocycles. The third kappa shape index (κ3) is 3.01. The predicted molar refractivity (Wildman–Crippen MR) is 83.5 cm³/mol. The highest BCUT2D eigenvalue weighted by molar-refractivity contribution is 9.10. The van der Waals surface area contributed by atoms with Crippen molar-refractivity contribution >= 4 is 32.7 Å². The van der Waals surface area contributed by atoms with Gasteiger partial charge >= 0.3 is 0 Å². The van der Waals surface area contributed by atoms with E-state index in [0.29, 0.717) is 22.2 Å². The lowest BCUT2D eigenvalue weighted by atomic mass is 10.2. The molecule has 0 fully saturated rings. The topological polar surface area (TPSA) is 44.9 Å². The number of H-pyrrole nitrogens is 1. The molecule has 2 aromatic carbocycles. The van der Waals surface area contributed by atoms with Crippen LogP contribution in [0.15, 0.2) is 46.9 Å². The van der Waals surface area contributed by atoms with Crippen molar-refractivity contribution in [2.45, 2.75) is 6.54 Å². The van der Waals surface area contributed by atoms with E-state index in [9.17, 15) is 13.6 Å². The smallest absolute Gasteiger partial charge is 0.267 e. The summed E-state index contributed by atoms with van der Waals surface area (Å²) in [6.45, 7) is 0.0633. The van der Waals surface area contributed by atoms with E-state index in [1.165, 1.54) is 18.2 Å². The van der Waals surface area contributed by atoms with Crippen LogP contribution in [0.1, 0.15) is 16.1 Å². The van der Waals surface area contributed by atoms with Gasteiger partial charge in [-0.3, -0.25) is 4.79 Å². The van der Waals surface area contributed by atoms with Crippen molar-refractivity contribution in [3.63, 3.8) is 0 Å². The van der Waals surface area contributed by atoms with Gasteiger partial charge in [-0.2, -0.15) is 0 Å². The van der Waals surface area contributed by atoms with E-state index < -0.39 is 0 Å². The minimum atomic E-state index is -0.387. The van der Waals surface area contributed by atoms with Crippen LogP contribution in [-0.4, -0.2) is 10.9 Å². The minimum Gasteiger partial charge on any atom is -0.351 e. The number of rotatable bonds is 3. The van der Waals surface area contributed by atoms with Gasteiger partial charge in [0.1, 0.15) is 17.3 Å². The van der Waals surface area contributed by atoms with Crippen LogP contribution in [0.4, 0.5) is 8.78 Å². The van der Waals surface area contributed by atoms with E-state index in [-0.39, 0.29) is 24.1 Å². The van der Waals surface area contributed by atoms with E-state index in [2.05, 4.69) is 26.2 Å². The van der Waals surface area contributed by atoms with Gasteiger partial charge in [0.05, 0.1) is 0 Å². The van der Waals surface area contributed by atoms with Crippen LogP contribution < -0.4 is 5.32 Å². The number of aromatic amines is 1. The zero-order chi connectivity index (χ0) is 15.7. The Morgan fingerprint density at radius 3 is 2.77 bits per heavy atom. The first-order valence-corrected chi connectivity index (χ1v) is 7.32. The van der Waals surface area contributed by atoms with Crippen LogP contribution in [-0.2, 0) is 6.54 Å². The zero-order valence-electron chi connectivity index (χ0n) is 11.3. The number of halogens is 3. The van der Waals surface area contributed by atoms with Gasteiger partial charge in [0.25, 0.3) is 5.91 Å². The molecule has 112 valence electrons. The molecule has 3 rings (SSSR count). The van der Waals surface area contributed by atoms with Crippen LogP contribution in [0.5, 0.6) is 0 Å². The summed E-state index contributed by atoms with van der Waals surface area (Å²) < 4.78 is 27.5. The molecule has 0 unspecified atom stereocenters. The molecular weight excluding hydrogens is 354 g/mol. The van der Waals surface area contributed by atoms with Gasteiger partial charge in [0.15, 0.2) is 0 Å². The highest BCUT2D eigenvalue weighted by Crippen LogP contribution is 2.18. The number of nitrogens with one attached hydrogen (secondary N) is 2. The molecule has 3 aromatic rings. The number of aromatic nitrogens is 1. The Kier molecular flexibility index (Phi) is 3.94. The van der Waals surface area contributed by atoms with Crippen LogP contribution >= 0.6 is 15.9 Å². The third-order valence-corrected chi connectivity index (χ3v) is 3.77. The highest BCUT2D eigenvalue weighted by Gasteiger charge is 2.11. The molecule has 6 heteroatoms. The van der Waals surface area contributed by atoms with E-state index >= 15 is 0 Å². The van der Waals surface area contributed by atoms with E-state index in [1.807, 2.05) is 0 Å². The number of amides is 1. The Balaban J connectivity index is 1.77.